The first-order valence-electron chi connectivity index (χ1n) is 16.9. The molecule has 224 valence electrons. The molecule has 3 nitrogen and oxygen atoms in total. The Morgan fingerprint density at radius 2 is 1.29 bits per heavy atom. The molecule has 0 spiro atoms. The summed E-state index contributed by atoms with van der Waals surface area (Å²) in [5.74, 6) is 0.837. The summed E-state index contributed by atoms with van der Waals surface area (Å²) in [5, 5.41) is 8.99. The fourth-order valence-corrected chi connectivity index (χ4v) is 8.74. The van der Waals surface area contributed by atoms with Crippen molar-refractivity contribution < 1.29 is 0 Å². The third kappa shape index (κ3) is 3.48. The zero-order valence-electron chi connectivity index (χ0n) is 26.2. The Bertz CT molecular complexity index is 2900. The first-order chi connectivity index (χ1) is 23.8. The van der Waals surface area contributed by atoms with Crippen molar-refractivity contribution in [3.63, 3.8) is 0 Å². The summed E-state index contributed by atoms with van der Waals surface area (Å²) in [4.78, 5) is 10.6. The van der Waals surface area contributed by atoms with Crippen LogP contribution in [0.5, 0.6) is 0 Å². The molecular weight excluding hydrogens is 583 g/mol. The number of aromatic nitrogens is 3. The van der Waals surface area contributed by atoms with Gasteiger partial charge in [0.2, 0.25) is 0 Å². The molecule has 10 aromatic rings. The zero-order valence-corrected chi connectivity index (χ0v) is 26.2. The monoisotopic (exact) mass is 611 g/mol. The second-order valence-electron chi connectivity index (χ2n) is 13.2. The minimum absolute atomic E-state index is 0.0542. The summed E-state index contributed by atoms with van der Waals surface area (Å²) in [5.41, 5.74) is 12.4. The van der Waals surface area contributed by atoms with Crippen molar-refractivity contribution in [2.75, 3.05) is 0 Å². The normalized spacial score (nSPS) is 14.7. The number of rotatable bonds is 2. The maximum atomic E-state index is 5.51. The minimum Gasteiger partial charge on any atom is -0.308 e. The molecule has 0 aliphatic heterocycles. The van der Waals surface area contributed by atoms with Gasteiger partial charge >= 0.3 is 0 Å². The number of benzene rings is 7. The molecule has 1 unspecified atom stereocenters. The number of nitrogens with zero attached hydrogens (tertiary/aromatic N) is 3. The zero-order chi connectivity index (χ0) is 31.3. The Labute approximate surface area is 277 Å². The second kappa shape index (κ2) is 9.73. The van der Waals surface area contributed by atoms with Crippen molar-refractivity contribution in [1.29, 1.82) is 0 Å². The first-order valence-corrected chi connectivity index (χ1v) is 16.9. The third-order valence-electron chi connectivity index (χ3n) is 10.7. The molecule has 1 aliphatic carbocycles. The van der Waals surface area contributed by atoms with Gasteiger partial charge in [-0.1, -0.05) is 121 Å². The predicted octanol–water partition coefficient (Wildman–Crippen LogP) is 11.3. The van der Waals surface area contributed by atoms with E-state index in [1.807, 2.05) is 0 Å². The molecule has 0 fully saturated rings. The van der Waals surface area contributed by atoms with Crippen LogP contribution in [0.1, 0.15) is 29.2 Å². The van der Waals surface area contributed by atoms with Crippen molar-refractivity contribution >= 4 is 59.8 Å². The highest BCUT2D eigenvalue weighted by molar-refractivity contribution is 6.31. The van der Waals surface area contributed by atoms with Crippen LogP contribution in [0.4, 0.5) is 0 Å². The van der Waals surface area contributed by atoms with Crippen molar-refractivity contribution in [3.8, 4) is 22.5 Å². The van der Waals surface area contributed by atoms with Crippen LogP contribution in [0.3, 0.4) is 0 Å². The standard InChI is InChI=1S/C45H29N3/c1-2-14-29(15-3-1)45-46-37-20-10-8-19-33(37)43(47-45)34-24-22-27-12-4-6-16-30(27)35-26-36-32-18-9-11-21-38(32)48-39-25-23-28-13-5-7-17-31(28)41(39)42(40(34)35)44(36)48/h1-21,23,25-26,34H,22,24H2. The fourth-order valence-electron chi connectivity index (χ4n) is 8.74. The van der Waals surface area contributed by atoms with Crippen LogP contribution in [-0.4, -0.2) is 14.4 Å². The number of para-hydroxylation sites is 2. The number of fused-ring (bicyclic) bond motifs is 13. The topological polar surface area (TPSA) is 30.2 Å². The van der Waals surface area contributed by atoms with Crippen LogP contribution in [0, 0.1) is 0 Å². The van der Waals surface area contributed by atoms with E-state index in [0.29, 0.717) is 0 Å². The molecule has 7 aromatic carbocycles. The van der Waals surface area contributed by atoms with Crippen molar-refractivity contribution in [3.05, 3.63) is 162 Å². The molecule has 1 atom stereocenters. The fraction of sp³-hybridized carbons (Fsp3) is 0.0667. The molecule has 0 bridgehead atoms. The van der Waals surface area contributed by atoms with Gasteiger partial charge in [0.05, 0.1) is 27.8 Å². The summed E-state index contributed by atoms with van der Waals surface area (Å²) < 4.78 is 2.53. The molecule has 3 heteroatoms. The molecule has 0 saturated heterocycles. The molecule has 11 rings (SSSR count). The van der Waals surface area contributed by atoms with Crippen LogP contribution in [-0.2, 0) is 6.42 Å². The molecule has 1 aliphatic rings. The maximum Gasteiger partial charge on any atom is 0.160 e. The van der Waals surface area contributed by atoms with Gasteiger partial charge in [0.25, 0.3) is 0 Å². The van der Waals surface area contributed by atoms with Crippen molar-refractivity contribution in [2.45, 2.75) is 18.8 Å². The highest BCUT2D eigenvalue weighted by Gasteiger charge is 2.33. The first kappa shape index (κ1) is 26.1. The summed E-state index contributed by atoms with van der Waals surface area (Å²) in [7, 11) is 0. The molecule has 0 saturated carbocycles. The quantitative estimate of drug-likeness (QED) is 0.195. The van der Waals surface area contributed by atoms with Crippen molar-refractivity contribution in [1.82, 2.24) is 14.4 Å². The second-order valence-corrected chi connectivity index (χ2v) is 13.2. The number of hydrogen-bond donors (Lipinski definition) is 0. The lowest BCUT2D eigenvalue weighted by molar-refractivity contribution is 0.715. The average molecular weight is 612 g/mol. The van der Waals surface area contributed by atoms with E-state index in [1.165, 1.54) is 71.1 Å². The van der Waals surface area contributed by atoms with E-state index in [9.17, 15) is 0 Å². The van der Waals surface area contributed by atoms with Crippen molar-refractivity contribution in [2.24, 2.45) is 0 Å². The molecular formula is C45H29N3. The van der Waals surface area contributed by atoms with Gasteiger partial charge in [0.1, 0.15) is 0 Å². The highest BCUT2D eigenvalue weighted by Crippen LogP contribution is 2.52. The SMILES string of the molecule is c1ccc(-c2nc(C3CCc4ccccc4-c4cc5c6ccccc6n6c7ccc8ccccc8c7c(c43)c56)c3ccccc3n2)cc1. The minimum atomic E-state index is 0.0542. The smallest absolute Gasteiger partial charge is 0.160 e. The Morgan fingerprint density at radius 1 is 0.542 bits per heavy atom. The highest BCUT2D eigenvalue weighted by atomic mass is 14.9. The van der Waals surface area contributed by atoms with Gasteiger partial charge in [-0.05, 0) is 70.1 Å². The molecule has 0 amide bonds. The lowest BCUT2D eigenvalue weighted by Crippen LogP contribution is -2.08. The summed E-state index contributed by atoms with van der Waals surface area (Å²) >= 11 is 0. The van der Waals surface area contributed by atoms with E-state index >= 15 is 0 Å². The van der Waals surface area contributed by atoms with Crippen LogP contribution >= 0.6 is 0 Å². The summed E-state index contributed by atoms with van der Waals surface area (Å²) in [6, 6.07) is 53.0. The van der Waals surface area contributed by atoms with Gasteiger partial charge in [-0.15, -0.1) is 0 Å². The number of aryl methyl sites for hydroxylation is 1. The summed E-state index contributed by atoms with van der Waals surface area (Å²) in [6.07, 6.45) is 1.93. The van der Waals surface area contributed by atoms with Gasteiger partial charge in [0.15, 0.2) is 5.82 Å². The van der Waals surface area contributed by atoms with Gasteiger partial charge in [0, 0.05) is 38.4 Å². The Hall–Kier alpha value is -6.06. The largest absolute Gasteiger partial charge is 0.308 e. The van der Waals surface area contributed by atoms with E-state index < -0.39 is 0 Å². The van der Waals surface area contributed by atoms with Gasteiger partial charge in [-0.2, -0.15) is 0 Å². The van der Waals surface area contributed by atoms with Crippen LogP contribution < -0.4 is 0 Å². The van der Waals surface area contributed by atoms with E-state index in [2.05, 4.69) is 150 Å². The lowest BCUT2D eigenvalue weighted by Gasteiger charge is -2.22. The molecule has 3 aromatic heterocycles. The summed E-state index contributed by atoms with van der Waals surface area (Å²) in [6.45, 7) is 0. The molecule has 3 heterocycles. The van der Waals surface area contributed by atoms with Gasteiger partial charge < -0.3 is 4.40 Å². The Morgan fingerprint density at radius 3 is 2.21 bits per heavy atom. The van der Waals surface area contributed by atoms with Crippen LogP contribution in [0.25, 0.3) is 82.3 Å². The molecule has 0 N–H and O–H groups in total. The van der Waals surface area contributed by atoms with Crippen LogP contribution in [0.2, 0.25) is 0 Å². The Kier molecular flexibility index (Phi) is 5.28. The van der Waals surface area contributed by atoms with E-state index in [0.717, 1.165) is 40.8 Å². The maximum absolute atomic E-state index is 5.51. The van der Waals surface area contributed by atoms with Gasteiger partial charge in [-0.3, -0.25) is 0 Å². The number of hydrogen-bond acceptors (Lipinski definition) is 2. The van der Waals surface area contributed by atoms with Gasteiger partial charge in [-0.25, -0.2) is 9.97 Å². The average Bonchev–Trinajstić information content (AvgIpc) is 3.61. The van der Waals surface area contributed by atoms with Crippen LogP contribution in [0.15, 0.2) is 146 Å². The molecule has 0 radical (unpaired) electrons. The Balaban J connectivity index is 1.37. The molecule has 48 heavy (non-hydrogen) atoms. The lowest BCUT2D eigenvalue weighted by atomic mass is 9.82. The van der Waals surface area contributed by atoms with E-state index in [1.54, 1.807) is 0 Å². The van der Waals surface area contributed by atoms with E-state index in [-0.39, 0.29) is 5.92 Å². The predicted molar refractivity (Wildman–Crippen MR) is 199 cm³/mol. The van der Waals surface area contributed by atoms with E-state index in [4.69, 9.17) is 9.97 Å². The third-order valence-corrected chi connectivity index (χ3v) is 10.7.